The lowest BCUT2D eigenvalue weighted by Crippen LogP contribution is -2.14. The molecule has 0 bridgehead atoms. The van der Waals surface area contributed by atoms with Crippen LogP contribution in [0, 0.1) is 0 Å². The van der Waals surface area contributed by atoms with Crippen molar-refractivity contribution in [2.75, 3.05) is 6.54 Å². The Hall–Kier alpha value is -0.870. The molecule has 102 valence electrons. The van der Waals surface area contributed by atoms with E-state index in [-0.39, 0.29) is 5.25 Å². The molecule has 0 aromatic heterocycles. The molecule has 0 saturated carbocycles. The fourth-order valence-corrected chi connectivity index (χ4v) is 2.97. The van der Waals surface area contributed by atoms with E-state index in [0.29, 0.717) is 17.4 Å². The van der Waals surface area contributed by atoms with E-state index >= 15 is 0 Å². The summed E-state index contributed by atoms with van der Waals surface area (Å²) in [6.07, 6.45) is 1.95. The maximum atomic E-state index is 12.1. The van der Waals surface area contributed by atoms with Crippen LogP contribution in [0.5, 0.6) is 0 Å². The van der Waals surface area contributed by atoms with E-state index in [1.165, 1.54) is 0 Å². The Labute approximate surface area is 110 Å². The summed E-state index contributed by atoms with van der Waals surface area (Å²) in [6.45, 7) is 6.20. The summed E-state index contributed by atoms with van der Waals surface area (Å²) in [5, 5.41) is -0.382. The van der Waals surface area contributed by atoms with Crippen molar-refractivity contribution in [2.45, 2.75) is 49.7 Å². The molecule has 0 spiro atoms. The van der Waals surface area contributed by atoms with Crippen LogP contribution in [0.4, 0.5) is 0 Å². The van der Waals surface area contributed by atoms with Gasteiger partial charge in [-0.25, -0.2) is 8.42 Å². The molecule has 1 aromatic rings. The number of sulfone groups is 1. The van der Waals surface area contributed by atoms with Gasteiger partial charge in [0.25, 0.3) is 0 Å². The highest BCUT2D eigenvalue weighted by molar-refractivity contribution is 7.92. The fourth-order valence-electron chi connectivity index (χ4n) is 1.86. The van der Waals surface area contributed by atoms with Gasteiger partial charge in [0.2, 0.25) is 0 Å². The van der Waals surface area contributed by atoms with Crippen molar-refractivity contribution in [3.63, 3.8) is 0 Å². The molecule has 0 saturated heterocycles. The lowest BCUT2D eigenvalue weighted by Gasteiger charge is -2.14. The first-order valence-electron chi connectivity index (χ1n) is 6.43. The Balaban J connectivity index is 2.99. The second-order valence-electron chi connectivity index (χ2n) is 5.00. The molecule has 0 radical (unpaired) electrons. The van der Waals surface area contributed by atoms with E-state index in [1.807, 2.05) is 12.1 Å². The van der Waals surface area contributed by atoms with Gasteiger partial charge in [-0.3, -0.25) is 0 Å². The molecule has 1 atom stereocenters. The molecule has 1 aromatic carbocycles. The molecule has 2 N–H and O–H groups in total. The van der Waals surface area contributed by atoms with Crippen LogP contribution in [-0.4, -0.2) is 20.2 Å². The molecule has 3 nitrogen and oxygen atoms in total. The first-order chi connectivity index (χ1) is 8.39. The van der Waals surface area contributed by atoms with Crippen molar-refractivity contribution in [3.8, 4) is 0 Å². The largest absolute Gasteiger partial charge is 0.330 e. The van der Waals surface area contributed by atoms with E-state index in [9.17, 15) is 8.42 Å². The zero-order chi connectivity index (χ0) is 13.8. The summed E-state index contributed by atoms with van der Waals surface area (Å²) >= 11 is 0. The molecule has 1 unspecified atom stereocenters. The van der Waals surface area contributed by atoms with E-state index in [0.717, 1.165) is 18.4 Å². The van der Waals surface area contributed by atoms with Crippen LogP contribution >= 0.6 is 0 Å². The smallest absolute Gasteiger partial charge is 0.180 e. The van der Waals surface area contributed by atoms with Gasteiger partial charge in [0.05, 0.1) is 10.1 Å². The number of hydrogen-bond donors (Lipinski definition) is 1. The average Bonchev–Trinajstić information content (AvgIpc) is 2.35. The van der Waals surface area contributed by atoms with E-state index in [1.54, 1.807) is 26.0 Å². The van der Waals surface area contributed by atoms with Gasteiger partial charge in [0.15, 0.2) is 9.84 Å². The number of rotatable bonds is 6. The topological polar surface area (TPSA) is 60.2 Å². The standard InChI is InChI=1S/C14H23NO2S/c1-11(2)18(16,17)14-8-4-7-13(10-14)12(3)6-5-9-15/h4,7-8,10-12H,5-6,9,15H2,1-3H3. The SMILES string of the molecule is CC(CCCN)c1cccc(S(=O)(=O)C(C)C)c1. The summed E-state index contributed by atoms with van der Waals surface area (Å²) in [6, 6.07) is 7.29. The van der Waals surface area contributed by atoms with Crippen molar-refractivity contribution in [2.24, 2.45) is 5.73 Å². The van der Waals surface area contributed by atoms with Crippen molar-refractivity contribution >= 4 is 9.84 Å². The average molecular weight is 269 g/mol. The first kappa shape index (κ1) is 15.2. The Morgan fingerprint density at radius 3 is 2.44 bits per heavy atom. The van der Waals surface area contributed by atoms with Crippen LogP contribution in [0.2, 0.25) is 0 Å². The lowest BCUT2D eigenvalue weighted by molar-refractivity contribution is 0.586. The van der Waals surface area contributed by atoms with Crippen LogP contribution < -0.4 is 5.73 Å². The Kier molecular flexibility index (Phi) is 5.35. The third-order valence-corrected chi connectivity index (χ3v) is 5.37. The van der Waals surface area contributed by atoms with Gasteiger partial charge in [-0.05, 0) is 56.8 Å². The summed E-state index contributed by atoms with van der Waals surface area (Å²) in [7, 11) is -3.18. The van der Waals surface area contributed by atoms with Crippen LogP contribution in [0.3, 0.4) is 0 Å². The second-order valence-corrected chi connectivity index (χ2v) is 7.50. The quantitative estimate of drug-likeness (QED) is 0.863. The van der Waals surface area contributed by atoms with Gasteiger partial charge >= 0.3 is 0 Å². The molecule has 0 aliphatic heterocycles. The van der Waals surface area contributed by atoms with Gasteiger partial charge in [-0.2, -0.15) is 0 Å². The predicted molar refractivity (Wildman–Crippen MR) is 75.5 cm³/mol. The number of hydrogen-bond acceptors (Lipinski definition) is 3. The number of benzene rings is 1. The van der Waals surface area contributed by atoms with Gasteiger partial charge in [0, 0.05) is 0 Å². The molecule has 1 rings (SSSR count). The molecule has 0 amide bonds. The maximum Gasteiger partial charge on any atom is 0.180 e. The summed E-state index contributed by atoms with van der Waals surface area (Å²) < 4.78 is 24.2. The minimum absolute atomic E-state index is 0.343. The van der Waals surface area contributed by atoms with Crippen molar-refractivity contribution < 1.29 is 8.42 Å². The van der Waals surface area contributed by atoms with Crippen molar-refractivity contribution in [1.82, 2.24) is 0 Å². The van der Waals surface area contributed by atoms with E-state index in [4.69, 9.17) is 5.73 Å². The normalized spacial score (nSPS) is 13.8. The highest BCUT2D eigenvalue weighted by Crippen LogP contribution is 2.24. The highest BCUT2D eigenvalue weighted by Gasteiger charge is 2.19. The molecular weight excluding hydrogens is 246 g/mol. The lowest BCUT2D eigenvalue weighted by atomic mass is 9.96. The first-order valence-corrected chi connectivity index (χ1v) is 7.98. The monoisotopic (exact) mass is 269 g/mol. The van der Waals surface area contributed by atoms with Crippen LogP contribution in [0.15, 0.2) is 29.2 Å². The summed E-state index contributed by atoms with van der Waals surface area (Å²) in [4.78, 5) is 0.426. The van der Waals surface area contributed by atoms with Gasteiger partial charge < -0.3 is 5.73 Å². The highest BCUT2D eigenvalue weighted by atomic mass is 32.2. The van der Waals surface area contributed by atoms with Crippen molar-refractivity contribution in [3.05, 3.63) is 29.8 Å². The molecule has 4 heteroatoms. The second kappa shape index (κ2) is 6.34. The Bertz CT molecular complexity index is 480. The van der Waals surface area contributed by atoms with Crippen LogP contribution in [0.25, 0.3) is 0 Å². The fraction of sp³-hybridized carbons (Fsp3) is 0.571. The molecule has 0 fully saturated rings. The number of nitrogens with two attached hydrogens (primary N) is 1. The van der Waals surface area contributed by atoms with Crippen molar-refractivity contribution in [1.29, 1.82) is 0 Å². The Morgan fingerprint density at radius 1 is 1.22 bits per heavy atom. The maximum absolute atomic E-state index is 12.1. The van der Waals surface area contributed by atoms with E-state index < -0.39 is 9.84 Å². The predicted octanol–water partition coefficient (Wildman–Crippen LogP) is 2.71. The minimum Gasteiger partial charge on any atom is -0.330 e. The molecule has 0 aliphatic rings. The molecular formula is C14H23NO2S. The third-order valence-electron chi connectivity index (χ3n) is 3.22. The summed E-state index contributed by atoms with van der Waals surface area (Å²) in [5.74, 6) is 0.343. The zero-order valence-electron chi connectivity index (χ0n) is 11.4. The van der Waals surface area contributed by atoms with Gasteiger partial charge in [0.1, 0.15) is 0 Å². The van der Waals surface area contributed by atoms with Gasteiger partial charge in [-0.1, -0.05) is 19.1 Å². The molecule has 0 aliphatic carbocycles. The molecule has 0 heterocycles. The minimum atomic E-state index is -3.18. The van der Waals surface area contributed by atoms with E-state index in [2.05, 4.69) is 6.92 Å². The summed E-state index contributed by atoms with van der Waals surface area (Å²) in [5.41, 5.74) is 6.57. The van der Waals surface area contributed by atoms with Gasteiger partial charge in [-0.15, -0.1) is 0 Å². The molecule has 18 heavy (non-hydrogen) atoms. The third kappa shape index (κ3) is 3.56. The Morgan fingerprint density at radius 2 is 1.89 bits per heavy atom. The van der Waals surface area contributed by atoms with Crippen LogP contribution in [-0.2, 0) is 9.84 Å². The zero-order valence-corrected chi connectivity index (χ0v) is 12.2. The van der Waals surface area contributed by atoms with Crippen LogP contribution in [0.1, 0.15) is 45.1 Å².